The zero-order chi connectivity index (χ0) is 14.4. The van der Waals surface area contributed by atoms with E-state index in [4.69, 9.17) is 9.84 Å². The number of amides is 2. The summed E-state index contributed by atoms with van der Waals surface area (Å²) < 4.78 is 5.50. The van der Waals surface area contributed by atoms with Crippen LogP contribution in [0.2, 0.25) is 0 Å². The molecule has 1 rings (SSSR count). The van der Waals surface area contributed by atoms with Gasteiger partial charge in [0.2, 0.25) is 0 Å². The molecule has 2 amide bonds. The molecule has 2 N–H and O–H groups in total. The number of benzene rings is 1. The summed E-state index contributed by atoms with van der Waals surface area (Å²) in [6.45, 7) is 0.874. The number of methoxy groups -OCH3 is 1. The van der Waals surface area contributed by atoms with E-state index in [1.807, 2.05) is 0 Å². The molecule has 19 heavy (non-hydrogen) atoms. The number of carboxylic acids is 1. The lowest BCUT2D eigenvalue weighted by molar-refractivity contribution is 0.0697. The number of rotatable bonds is 5. The monoisotopic (exact) mass is 330 g/mol. The number of urea groups is 1. The summed E-state index contributed by atoms with van der Waals surface area (Å²) in [4.78, 5) is 24.2. The number of carbonyl (C=O) groups excluding carboxylic acids is 1. The molecular formula is C12H15BrN2O4. The molecule has 0 aliphatic carbocycles. The predicted octanol–water partition coefficient (Wildman–Crippen LogP) is 2.26. The first-order chi connectivity index (χ1) is 8.95. The average molecular weight is 331 g/mol. The highest BCUT2D eigenvalue weighted by atomic mass is 79.9. The molecule has 0 unspecified atom stereocenters. The molecule has 0 radical (unpaired) electrons. The summed E-state index contributed by atoms with van der Waals surface area (Å²) in [6, 6.07) is 4.10. The minimum Gasteiger partial charge on any atom is -0.478 e. The number of halogens is 1. The van der Waals surface area contributed by atoms with Crippen molar-refractivity contribution < 1.29 is 19.4 Å². The maximum absolute atomic E-state index is 11.8. The smallest absolute Gasteiger partial charge is 0.335 e. The highest BCUT2D eigenvalue weighted by molar-refractivity contribution is 9.10. The Hall–Kier alpha value is -1.60. The van der Waals surface area contributed by atoms with Crippen molar-refractivity contribution in [3.05, 3.63) is 28.2 Å². The molecule has 0 saturated heterocycles. The summed E-state index contributed by atoms with van der Waals surface area (Å²) in [7, 11) is 3.18. The molecule has 0 aromatic heterocycles. The molecule has 1 aromatic rings. The number of anilines is 1. The van der Waals surface area contributed by atoms with Gasteiger partial charge in [0.1, 0.15) is 0 Å². The van der Waals surface area contributed by atoms with E-state index in [9.17, 15) is 9.59 Å². The molecule has 0 fully saturated rings. The summed E-state index contributed by atoms with van der Waals surface area (Å²) in [5.74, 6) is -1.05. The number of nitrogens with one attached hydrogen (secondary N) is 1. The summed E-state index contributed by atoms with van der Waals surface area (Å²) >= 11 is 3.26. The average Bonchev–Trinajstić information content (AvgIpc) is 2.38. The molecule has 1 aromatic carbocycles. The largest absolute Gasteiger partial charge is 0.478 e. The third kappa shape index (κ3) is 4.53. The van der Waals surface area contributed by atoms with Gasteiger partial charge < -0.3 is 20.1 Å². The highest BCUT2D eigenvalue weighted by Gasteiger charge is 2.12. The lowest BCUT2D eigenvalue weighted by Gasteiger charge is -2.18. The van der Waals surface area contributed by atoms with Gasteiger partial charge in [-0.05, 0) is 34.1 Å². The number of hydrogen-bond acceptors (Lipinski definition) is 3. The molecule has 6 nitrogen and oxygen atoms in total. The quantitative estimate of drug-likeness (QED) is 0.867. The zero-order valence-corrected chi connectivity index (χ0v) is 12.2. The Bertz CT molecular complexity index is 479. The van der Waals surface area contributed by atoms with E-state index in [1.54, 1.807) is 20.2 Å². The van der Waals surface area contributed by atoms with Gasteiger partial charge in [-0.15, -0.1) is 0 Å². The van der Waals surface area contributed by atoms with Crippen molar-refractivity contribution >= 4 is 33.6 Å². The van der Waals surface area contributed by atoms with Gasteiger partial charge in [0, 0.05) is 25.2 Å². The third-order valence-electron chi connectivity index (χ3n) is 2.43. The number of carbonyl (C=O) groups is 2. The zero-order valence-electron chi connectivity index (χ0n) is 10.6. The Kier molecular flexibility index (Phi) is 5.78. The van der Waals surface area contributed by atoms with Crippen LogP contribution >= 0.6 is 15.9 Å². The number of hydrogen-bond donors (Lipinski definition) is 2. The van der Waals surface area contributed by atoms with Crippen LogP contribution < -0.4 is 5.32 Å². The van der Waals surface area contributed by atoms with E-state index in [0.29, 0.717) is 23.3 Å². The van der Waals surface area contributed by atoms with Crippen molar-refractivity contribution in [3.63, 3.8) is 0 Å². The van der Waals surface area contributed by atoms with Gasteiger partial charge >= 0.3 is 12.0 Å². The second-order valence-electron chi connectivity index (χ2n) is 3.84. The van der Waals surface area contributed by atoms with Crippen molar-refractivity contribution in [1.29, 1.82) is 0 Å². The van der Waals surface area contributed by atoms with E-state index >= 15 is 0 Å². The van der Waals surface area contributed by atoms with E-state index in [0.717, 1.165) is 0 Å². The van der Waals surface area contributed by atoms with Crippen molar-refractivity contribution in [2.24, 2.45) is 0 Å². The molecule has 0 atom stereocenters. The van der Waals surface area contributed by atoms with E-state index in [2.05, 4.69) is 21.2 Å². The van der Waals surface area contributed by atoms with Crippen molar-refractivity contribution in [2.75, 3.05) is 32.6 Å². The van der Waals surface area contributed by atoms with Gasteiger partial charge in [0.15, 0.2) is 0 Å². The van der Waals surface area contributed by atoms with Gasteiger partial charge in [-0.3, -0.25) is 0 Å². The van der Waals surface area contributed by atoms with Crippen LogP contribution in [0.4, 0.5) is 10.5 Å². The topological polar surface area (TPSA) is 78.9 Å². The van der Waals surface area contributed by atoms with Crippen molar-refractivity contribution in [1.82, 2.24) is 4.90 Å². The summed E-state index contributed by atoms with van der Waals surface area (Å²) in [5.41, 5.74) is 0.521. The van der Waals surface area contributed by atoms with Crippen LogP contribution in [0.5, 0.6) is 0 Å². The Morgan fingerprint density at radius 1 is 1.47 bits per heavy atom. The van der Waals surface area contributed by atoms with Crippen LogP contribution in [0.25, 0.3) is 0 Å². The molecular weight excluding hydrogens is 316 g/mol. The first kappa shape index (κ1) is 15.5. The van der Waals surface area contributed by atoms with E-state index in [-0.39, 0.29) is 11.6 Å². The first-order valence-corrected chi connectivity index (χ1v) is 6.29. The minimum atomic E-state index is -1.05. The van der Waals surface area contributed by atoms with Crippen LogP contribution in [-0.4, -0.2) is 49.3 Å². The van der Waals surface area contributed by atoms with Gasteiger partial charge in [0.25, 0.3) is 0 Å². The van der Waals surface area contributed by atoms with Gasteiger partial charge in [-0.1, -0.05) is 0 Å². The summed E-state index contributed by atoms with van der Waals surface area (Å²) in [6.07, 6.45) is 0. The fourth-order valence-corrected chi connectivity index (χ4v) is 1.64. The normalized spacial score (nSPS) is 10.1. The number of ether oxygens (including phenoxy) is 1. The minimum absolute atomic E-state index is 0.109. The second-order valence-corrected chi connectivity index (χ2v) is 4.70. The van der Waals surface area contributed by atoms with Crippen LogP contribution in [0.1, 0.15) is 10.4 Å². The maximum atomic E-state index is 11.8. The standard InChI is InChI=1S/C12H15BrN2O4/c1-15(5-6-19-2)12(18)14-10-7-8(11(16)17)3-4-9(10)13/h3-4,7H,5-6H2,1-2H3,(H,14,18)(H,16,17). The second kappa shape index (κ2) is 7.10. The number of likely N-dealkylation sites (N-methyl/N-ethyl adjacent to an activating group) is 1. The molecule has 0 spiro atoms. The fraction of sp³-hybridized carbons (Fsp3) is 0.333. The van der Waals surface area contributed by atoms with Crippen LogP contribution in [0.3, 0.4) is 0 Å². The first-order valence-electron chi connectivity index (χ1n) is 5.49. The lowest BCUT2D eigenvalue weighted by atomic mass is 10.2. The highest BCUT2D eigenvalue weighted by Crippen LogP contribution is 2.24. The van der Waals surface area contributed by atoms with E-state index in [1.165, 1.54) is 17.0 Å². The lowest BCUT2D eigenvalue weighted by Crippen LogP contribution is -2.33. The number of nitrogens with zero attached hydrogens (tertiary/aromatic N) is 1. The molecule has 0 heterocycles. The van der Waals surface area contributed by atoms with Crippen molar-refractivity contribution in [2.45, 2.75) is 0 Å². The van der Waals surface area contributed by atoms with Gasteiger partial charge in [0.05, 0.1) is 17.9 Å². The Labute approximate surface area is 119 Å². The van der Waals surface area contributed by atoms with Gasteiger partial charge in [-0.25, -0.2) is 9.59 Å². The van der Waals surface area contributed by atoms with Crippen LogP contribution in [-0.2, 0) is 4.74 Å². The molecule has 0 aliphatic rings. The third-order valence-corrected chi connectivity index (χ3v) is 3.12. The molecule has 7 heteroatoms. The van der Waals surface area contributed by atoms with E-state index < -0.39 is 5.97 Å². The van der Waals surface area contributed by atoms with Gasteiger partial charge in [-0.2, -0.15) is 0 Å². The maximum Gasteiger partial charge on any atom is 0.335 e. The number of carboxylic acid groups (broad SMARTS) is 1. The summed E-state index contributed by atoms with van der Waals surface area (Å²) in [5, 5.41) is 11.5. The Morgan fingerprint density at radius 2 is 2.16 bits per heavy atom. The number of aromatic carboxylic acids is 1. The van der Waals surface area contributed by atoms with Crippen molar-refractivity contribution in [3.8, 4) is 0 Å². The Balaban J connectivity index is 2.78. The molecule has 0 bridgehead atoms. The fourth-order valence-electron chi connectivity index (χ4n) is 1.29. The Morgan fingerprint density at radius 3 is 2.74 bits per heavy atom. The molecule has 0 aliphatic heterocycles. The SMILES string of the molecule is COCCN(C)C(=O)Nc1cc(C(=O)O)ccc1Br. The molecule has 104 valence electrons. The predicted molar refractivity (Wildman–Crippen MR) is 74.6 cm³/mol. The van der Waals surface area contributed by atoms with Crippen LogP contribution in [0, 0.1) is 0 Å². The van der Waals surface area contributed by atoms with Crippen LogP contribution in [0.15, 0.2) is 22.7 Å². The molecule has 0 saturated carbocycles.